The molecule has 1 atom stereocenters. The molecule has 2 N–H and O–H groups in total. The fourth-order valence-electron chi connectivity index (χ4n) is 1.19. The molecule has 90 valence electrons. The number of likely N-dealkylation sites (N-methyl/N-ethyl adjacent to an activating group) is 1. The molecule has 0 aromatic rings. The van der Waals surface area contributed by atoms with E-state index in [1.807, 2.05) is 6.92 Å². The third-order valence-corrected chi connectivity index (χ3v) is 3.03. The van der Waals surface area contributed by atoms with Crippen molar-refractivity contribution in [2.75, 3.05) is 25.6 Å². The monoisotopic (exact) mass is 236 g/mol. The van der Waals surface area contributed by atoms with Crippen LogP contribution in [0, 0.1) is 0 Å². The van der Waals surface area contributed by atoms with Crippen LogP contribution in [-0.2, 0) is 14.6 Å². The first-order chi connectivity index (χ1) is 6.78. The number of rotatable bonds is 6. The van der Waals surface area contributed by atoms with Gasteiger partial charge in [-0.1, -0.05) is 6.92 Å². The van der Waals surface area contributed by atoms with Crippen molar-refractivity contribution in [3.05, 3.63) is 0 Å². The molecule has 0 aliphatic rings. The predicted octanol–water partition coefficient (Wildman–Crippen LogP) is -0.383. The minimum atomic E-state index is -3.04. The lowest BCUT2D eigenvalue weighted by Gasteiger charge is -2.20. The summed E-state index contributed by atoms with van der Waals surface area (Å²) in [6.45, 7) is 2.61. The van der Waals surface area contributed by atoms with Crippen LogP contribution in [0.2, 0.25) is 0 Å². The van der Waals surface area contributed by atoms with Gasteiger partial charge in [0.05, 0.1) is 11.8 Å². The van der Waals surface area contributed by atoms with Gasteiger partial charge in [0.1, 0.15) is 9.84 Å². The lowest BCUT2D eigenvalue weighted by molar-refractivity contribution is -0.131. The maximum Gasteiger partial charge on any atom is 0.239 e. The van der Waals surface area contributed by atoms with E-state index in [1.54, 1.807) is 7.05 Å². The normalized spacial score (nSPS) is 13.6. The van der Waals surface area contributed by atoms with Crippen LogP contribution in [0.15, 0.2) is 0 Å². The highest BCUT2D eigenvalue weighted by Gasteiger charge is 2.18. The van der Waals surface area contributed by atoms with Crippen molar-refractivity contribution in [1.82, 2.24) is 4.90 Å². The van der Waals surface area contributed by atoms with Crippen molar-refractivity contribution in [2.24, 2.45) is 5.73 Å². The summed E-state index contributed by atoms with van der Waals surface area (Å²) in [5.74, 6) is -0.236. The van der Waals surface area contributed by atoms with E-state index in [0.717, 1.165) is 12.7 Å². The first-order valence-electron chi connectivity index (χ1n) is 4.96. The zero-order chi connectivity index (χ0) is 12.1. The van der Waals surface area contributed by atoms with E-state index < -0.39 is 15.9 Å². The number of carbonyl (C=O) groups is 1. The lowest BCUT2D eigenvalue weighted by Crippen LogP contribution is -2.42. The summed E-state index contributed by atoms with van der Waals surface area (Å²) in [7, 11) is -1.37. The van der Waals surface area contributed by atoms with Gasteiger partial charge in [-0.05, 0) is 12.8 Å². The molecular weight excluding hydrogens is 216 g/mol. The molecule has 0 aromatic carbocycles. The second kappa shape index (κ2) is 6.07. The molecule has 0 bridgehead atoms. The summed E-state index contributed by atoms with van der Waals surface area (Å²) in [4.78, 5) is 13.1. The quantitative estimate of drug-likeness (QED) is 0.681. The van der Waals surface area contributed by atoms with E-state index in [4.69, 9.17) is 5.73 Å². The Morgan fingerprint density at radius 1 is 1.47 bits per heavy atom. The van der Waals surface area contributed by atoms with Crippen molar-refractivity contribution in [3.8, 4) is 0 Å². The molecule has 1 amide bonds. The average molecular weight is 236 g/mol. The summed E-state index contributed by atoms with van der Waals surface area (Å²) in [6.07, 6.45) is 2.19. The van der Waals surface area contributed by atoms with Gasteiger partial charge in [-0.15, -0.1) is 0 Å². The lowest BCUT2D eigenvalue weighted by atomic mass is 10.2. The zero-order valence-electron chi connectivity index (χ0n) is 9.56. The molecule has 15 heavy (non-hydrogen) atoms. The Labute approximate surface area is 91.5 Å². The van der Waals surface area contributed by atoms with Gasteiger partial charge in [-0.3, -0.25) is 4.79 Å². The van der Waals surface area contributed by atoms with Crippen LogP contribution in [-0.4, -0.2) is 50.9 Å². The molecule has 0 heterocycles. The number of hydrogen-bond donors (Lipinski definition) is 1. The van der Waals surface area contributed by atoms with E-state index in [9.17, 15) is 13.2 Å². The van der Waals surface area contributed by atoms with Crippen LogP contribution < -0.4 is 5.73 Å². The standard InChI is InChI=1S/C9H20N2O3S/c1-4-6-11(2)9(12)8(10)5-7-15(3,13)14/h8H,4-7,10H2,1-3H3. The molecule has 1 unspecified atom stereocenters. The largest absolute Gasteiger partial charge is 0.344 e. The van der Waals surface area contributed by atoms with Gasteiger partial charge in [0.15, 0.2) is 0 Å². The molecule has 0 saturated carbocycles. The fraction of sp³-hybridized carbons (Fsp3) is 0.889. The Morgan fingerprint density at radius 3 is 2.40 bits per heavy atom. The summed E-state index contributed by atoms with van der Waals surface area (Å²) in [5.41, 5.74) is 5.60. The van der Waals surface area contributed by atoms with Gasteiger partial charge in [0.2, 0.25) is 5.91 Å². The molecule has 0 saturated heterocycles. The molecular formula is C9H20N2O3S. The van der Waals surface area contributed by atoms with Crippen LogP contribution in [0.5, 0.6) is 0 Å². The molecule has 0 radical (unpaired) electrons. The van der Waals surface area contributed by atoms with Crippen molar-refractivity contribution in [2.45, 2.75) is 25.8 Å². The van der Waals surface area contributed by atoms with Crippen LogP contribution in [0.25, 0.3) is 0 Å². The Balaban J connectivity index is 4.10. The minimum absolute atomic E-state index is 0.0418. The van der Waals surface area contributed by atoms with Gasteiger partial charge in [-0.25, -0.2) is 8.42 Å². The number of nitrogens with zero attached hydrogens (tertiary/aromatic N) is 1. The minimum Gasteiger partial charge on any atom is -0.344 e. The molecule has 0 aromatic heterocycles. The molecule has 6 heteroatoms. The maximum atomic E-state index is 11.6. The number of nitrogens with two attached hydrogens (primary N) is 1. The van der Waals surface area contributed by atoms with Crippen molar-refractivity contribution in [3.63, 3.8) is 0 Å². The molecule has 0 aliphatic heterocycles. The van der Waals surface area contributed by atoms with E-state index in [-0.39, 0.29) is 18.1 Å². The second-order valence-corrected chi connectivity index (χ2v) is 6.04. The highest BCUT2D eigenvalue weighted by atomic mass is 32.2. The topological polar surface area (TPSA) is 80.5 Å². The summed E-state index contributed by atoms with van der Waals surface area (Å²) in [6, 6.07) is -0.712. The van der Waals surface area contributed by atoms with Crippen LogP contribution in [0.3, 0.4) is 0 Å². The molecule has 5 nitrogen and oxygen atoms in total. The van der Waals surface area contributed by atoms with Crippen molar-refractivity contribution in [1.29, 1.82) is 0 Å². The van der Waals surface area contributed by atoms with Crippen molar-refractivity contribution < 1.29 is 13.2 Å². The molecule has 0 aliphatic carbocycles. The Hall–Kier alpha value is -0.620. The number of sulfone groups is 1. The van der Waals surface area contributed by atoms with Crippen LogP contribution in [0.4, 0.5) is 0 Å². The maximum absolute atomic E-state index is 11.6. The van der Waals surface area contributed by atoms with Gasteiger partial charge in [0.25, 0.3) is 0 Å². The van der Waals surface area contributed by atoms with Gasteiger partial charge < -0.3 is 10.6 Å². The third-order valence-electron chi connectivity index (χ3n) is 2.05. The highest BCUT2D eigenvalue weighted by Crippen LogP contribution is 1.99. The van der Waals surface area contributed by atoms with E-state index in [1.165, 1.54) is 4.90 Å². The predicted molar refractivity (Wildman–Crippen MR) is 60.2 cm³/mol. The van der Waals surface area contributed by atoms with Crippen LogP contribution in [0.1, 0.15) is 19.8 Å². The molecule has 0 fully saturated rings. The van der Waals surface area contributed by atoms with Gasteiger partial charge in [-0.2, -0.15) is 0 Å². The Kier molecular flexibility index (Phi) is 5.82. The summed E-state index contributed by atoms with van der Waals surface area (Å²) in [5, 5.41) is 0. The smallest absolute Gasteiger partial charge is 0.239 e. The van der Waals surface area contributed by atoms with Gasteiger partial charge in [0, 0.05) is 19.8 Å². The molecule has 0 rings (SSSR count). The SMILES string of the molecule is CCCN(C)C(=O)C(N)CCS(C)(=O)=O. The Bertz CT molecular complexity index is 300. The fourth-order valence-corrected chi connectivity index (χ4v) is 1.88. The van der Waals surface area contributed by atoms with Crippen LogP contribution >= 0.6 is 0 Å². The second-order valence-electron chi connectivity index (χ2n) is 3.78. The Morgan fingerprint density at radius 2 is 2.00 bits per heavy atom. The average Bonchev–Trinajstić information content (AvgIpc) is 2.12. The molecule has 0 spiro atoms. The number of hydrogen-bond acceptors (Lipinski definition) is 4. The third kappa shape index (κ3) is 6.46. The van der Waals surface area contributed by atoms with E-state index in [0.29, 0.717) is 6.54 Å². The van der Waals surface area contributed by atoms with E-state index >= 15 is 0 Å². The highest BCUT2D eigenvalue weighted by molar-refractivity contribution is 7.90. The summed E-state index contributed by atoms with van der Waals surface area (Å²) >= 11 is 0. The summed E-state index contributed by atoms with van der Waals surface area (Å²) < 4.78 is 21.7. The number of carbonyl (C=O) groups excluding carboxylic acids is 1. The first kappa shape index (κ1) is 14.4. The number of amides is 1. The first-order valence-corrected chi connectivity index (χ1v) is 7.02. The van der Waals surface area contributed by atoms with Gasteiger partial charge >= 0.3 is 0 Å². The zero-order valence-corrected chi connectivity index (χ0v) is 10.4. The van der Waals surface area contributed by atoms with E-state index in [2.05, 4.69) is 0 Å². The van der Waals surface area contributed by atoms with Crippen molar-refractivity contribution >= 4 is 15.7 Å².